The molecule has 1 spiro atoms. The van der Waals surface area contributed by atoms with Gasteiger partial charge in [-0.25, -0.2) is 4.79 Å². The van der Waals surface area contributed by atoms with Gasteiger partial charge in [0.05, 0.1) is 6.61 Å². The fourth-order valence-corrected chi connectivity index (χ4v) is 3.48. The van der Waals surface area contributed by atoms with Crippen molar-refractivity contribution in [3.05, 3.63) is 35.9 Å². The summed E-state index contributed by atoms with van der Waals surface area (Å²) in [5, 5.41) is 0. The lowest BCUT2D eigenvalue weighted by Crippen LogP contribution is -2.35. The molecule has 3 rings (SSSR count). The third kappa shape index (κ3) is 1.96. The summed E-state index contributed by atoms with van der Waals surface area (Å²) in [5.74, 6) is -0.201. The molecule has 1 aliphatic carbocycles. The standard InChI is InChI=1S/C17H22O3/c1-2-13-19-15(18)17(14-9-5-3-6-10-14)16(20-17)11-7-4-8-12-16/h3,5-6,9-10H,2,4,7-8,11-13H2,1H3. The van der Waals surface area contributed by atoms with E-state index in [1.54, 1.807) is 0 Å². The Kier molecular flexibility index (Phi) is 3.55. The summed E-state index contributed by atoms with van der Waals surface area (Å²) < 4.78 is 11.5. The summed E-state index contributed by atoms with van der Waals surface area (Å²) in [7, 11) is 0. The number of ether oxygens (including phenoxy) is 2. The molecule has 2 aliphatic rings. The van der Waals surface area contributed by atoms with E-state index in [1.165, 1.54) is 6.42 Å². The van der Waals surface area contributed by atoms with Crippen LogP contribution < -0.4 is 0 Å². The first-order valence-corrected chi connectivity index (χ1v) is 7.68. The van der Waals surface area contributed by atoms with Gasteiger partial charge in [-0.05, 0) is 24.8 Å². The third-order valence-electron chi connectivity index (χ3n) is 4.51. The van der Waals surface area contributed by atoms with Gasteiger partial charge in [-0.3, -0.25) is 0 Å². The number of epoxide rings is 1. The quantitative estimate of drug-likeness (QED) is 0.622. The molecular weight excluding hydrogens is 252 g/mol. The fraction of sp³-hybridized carbons (Fsp3) is 0.588. The lowest BCUT2D eigenvalue weighted by molar-refractivity contribution is -0.150. The van der Waals surface area contributed by atoms with Crippen LogP contribution in [0.2, 0.25) is 0 Å². The molecule has 108 valence electrons. The minimum atomic E-state index is -0.843. The first kappa shape index (κ1) is 13.6. The van der Waals surface area contributed by atoms with Gasteiger partial charge < -0.3 is 9.47 Å². The number of hydrogen-bond acceptors (Lipinski definition) is 3. The highest BCUT2D eigenvalue weighted by molar-refractivity contribution is 5.86. The highest BCUT2D eigenvalue weighted by atomic mass is 16.7. The predicted molar refractivity (Wildman–Crippen MR) is 76.3 cm³/mol. The monoisotopic (exact) mass is 274 g/mol. The Bertz CT molecular complexity index is 476. The molecule has 1 aromatic rings. The zero-order chi connectivity index (χ0) is 14.1. The molecule has 0 N–H and O–H groups in total. The molecule has 1 unspecified atom stereocenters. The fourth-order valence-electron chi connectivity index (χ4n) is 3.48. The second-order valence-corrected chi connectivity index (χ2v) is 5.84. The molecule has 1 heterocycles. The van der Waals surface area contributed by atoms with E-state index in [4.69, 9.17) is 9.47 Å². The molecule has 3 heteroatoms. The first-order chi connectivity index (χ1) is 9.75. The molecule has 1 aliphatic heterocycles. The number of hydrogen-bond donors (Lipinski definition) is 0. The van der Waals surface area contributed by atoms with E-state index >= 15 is 0 Å². The maximum absolute atomic E-state index is 12.6. The van der Waals surface area contributed by atoms with Crippen LogP contribution in [0.4, 0.5) is 0 Å². The Labute approximate surface area is 120 Å². The summed E-state index contributed by atoms with van der Waals surface area (Å²) >= 11 is 0. The van der Waals surface area contributed by atoms with Crippen molar-refractivity contribution in [1.29, 1.82) is 0 Å². The highest BCUT2D eigenvalue weighted by Crippen LogP contribution is 2.63. The van der Waals surface area contributed by atoms with Gasteiger partial charge in [-0.15, -0.1) is 0 Å². The Morgan fingerprint density at radius 3 is 2.55 bits per heavy atom. The molecule has 1 saturated carbocycles. The smallest absolute Gasteiger partial charge is 0.346 e. The van der Waals surface area contributed by atoms with Gasteiger partial charge in [-0.1, -0.05) is 56.5 Å². The largest absolute Gasteiger partial charge is 0.463 e. The lowest BCUT2D eigenvalue weighted by atomic mass is 9.77. The minimum Gasteiger partial charge on any atom is -0.463 e. The predicted octanol–water partition coefficient (Wildman–Crippen LogP) is 3.57. The molecule has 0 bridgehead atoms. The van der Waals surface area contributed by atoms with Crippen LogP contribution in [0.5, 0.6) is 0 Å². The van der Waals surface area contributed by atoms with E-state index in [2.05, 4.69) is 0 Å². The van der Waals surface area contributed by atoms with Crippen LogP contribution >= 0.6 is 0 Å². The number of rotatable bonds is 4. The zero-order valence-corrected chi connectivity index (χ0v) is 12.1. The Balaban J connectivity index is 1.91. The molecule has 3 nitrogen and oxygen atoms in total. The summed E-state index contributed by atoms with van der Waals surface area (Å²) in [6.07, 6.45) is 6.26. The SMILES string of the molecule is CCCOC(=O)C1(c2ccccc2)OC12CCCCC2. The van der Waals surface area contributed by atoms with E-state index in [1.807, 2.05) is 37.3 Å². The van der Waals surface area contributed by atoms with Crippen molar-refractivity contribution in [1.82, 2.24) is 0 Å². The topological polar surface area (TPSA) is 38.8 Å². The summed E-state index contributed by atoms with van der Waals surface area (Å²) in [4.78, 5) is 12.6. The van der Waals surface area contributed by atoms with Gasteiger partial charge in [0, 0.05) is 0 Å². The van der Waals surface area contributed by atoms with Crippen LogP contribution in [0.25, 0.3) is 0 Å². The number of esters is 1. The van der Waals surface area contributed by atoms with Crippen LogP contribution in [0.3, 0.4) is 0 Å². The second-order valence-electron chi connectivity index (χ2n) is 5.84. The molecule has 0 radical (unpaired) electrons. The van der Waals surface area contributed by atoms with Crippen molar-refractivity contribution < 1.29 is 14.3 Å². The van der Waals surface area contributed by atoms with E-state index in [9.17, 15) is 4.79 Å². The molecule has 1 aromatic carbocycles. The highest BCUT2D eigenvalue weighted by Gasteiger charge is 2.75. The van der Waals surface area contributed by atoms with Crippen molar-refractivity contribution in [2.24, 2.45) is 0 Å². The van der Waals surface area contributed by atoms with E-state index in [0.717, 1.165) is 37.7 Å². The second kappa shape index (κ2) is 5.21. The molecule has 20 heavy (non-hydrogen) atoms. The van der Waals surface area contributed by atoms with Crippen LogP contribution in [0.15, 0.2) is 30.3 Å². The number of carbonyl (C=O) groups excluding carboxylic acids is 1. The van der Waals surface area contributed by atoms with E-state index in [-0.39, 0.29) is 11.6 Å². The molecule has 0 amide bonds. The molecular formula is C17H22O3. The van der Waals surface area contributed by atoms with Crippen molar-refractivity contribution in [2.45, 2.75) is 56.7 Å². The minimum absolute atomic E-state index is 0.201. The Morgan fingerprint density at radius 2 is 1.90 bits per heavy atom. The average molecular weight is 274 g/mol. The normalized spacial score (nSPS) is 27.2. The van der Waals surface area contributed by atoms with Gasteiger partial charge in [-0.2, -0.15) is 0 Å². The molecule has 0 aromatic heterocycles. The summed E-state index contributed by atoms with van der Waals surface area (Å²) in [6, 6.07) is 9.85. The molecule has 1 saturated heterocycles. The van der Waals surface area contributed by atoms with Crippen LogP contribution in [0.1, 0.15) is 51.0 Å². The van der Waals surface area contributed by atoms with Crippen molar-refractivity contribution in [3.63, 3.8) is 0 Å². The first-order valence-electron chi connectivity index (χ1n) is 7.68. The summed E-state index contributed by atoms with van der Waals surface area (Å²) in [5.41, 5.74) is -0.204. The van der Waals surface area contributed by atoms with Crippen molar-refractivity contribution >= 4 is 5.97 Å². The van der Waals surface area contributed by atoms with Crippen LogP contribution in [-0.2, 0) is 19.9 Å². The Morgan fingerprint density at radius 1 is 1.20 bits per heavy atom. The third-order valence-corrected chi connectivity index (χ3v) is 4.51. The van der Waals surface area contributed by atoms with E-state index in [0.29, 0.717) is 6.61 Å². The van der Waals surface area contributed by atoms with Gasteiger partial charge in [0.15, 0.2) is 0 Å². The number of benzene rings is 1. The maximum Gasteiger partial charge on any atom is 0.346 e. The maximum atomic E-state index is 12.6. The zero-order valence-electron chi connectivity index (χ0n) is 12.1. The van der Waals surface area contributed by atoms with Crippen molar-refractivity contribution in [3.8, 4) is 0 Å². The summed E-state index contributed by atoms with van der Waals surface area (Å²) in [6.45, 7) is 2.47. The molecule has 1 atom stereocenters. The van der Waals surface area contributed by atoms with Gasteiger partial charge in [0.2, 0.25) is 5.60 Å². The Hall–Kier alpha value is -1.35. The van der Waals surface area contributed by atoms with E-state index < -0.39 is 5.60 Å². The van der Waals surface area contributed by atoms with Crippen LogP contribution in [0, 0.1) is 0 Å². The lowest BCUT2D eigenvalue weighted by Gasteiger charge is -2.23. The van der Waals surface area contributed by atoms with Crippen molar-refractivity contribution in [2.75, 3.05) is 6.61 Å². The molecule has 2 fully saturated rings. The van der Waals surface area contributed by atoms with Gasteiger partial charge in [0.1, 0.15) is 5.60 Å². The van der Waals surface area contributed by atoms with Gasteiger partial charge >= 0.3 is 5.97 Å². The van der Waals surface area contributed by atoms with Crippen LogP contribution in [-0.4, -0.2) is 18.2 Å². The number of carbonyl (C=O) groups is 1. The average Bonchev–Trinajstić information content (AvgIpc) is 3.15. The van der Waals surface area contributed by atoms with Gasteiger partial charge in [0.25, 0.3) is 0 Å².